The Bertz CT molecular complexity index is 508. The molecule has 0 saturated carbocycles. The van der Waals surface area contributed by atoms with Crippen molar-refractivity contribution in [2.75, 3.05) is 13.2 Å². The predicted molar refractivity (Wildman–Crippen MR) is 85.8 cm³/mol. The number of aliphatic hydroxyl groups is 1. The number of aryl methyl sites for hydroxylation is 1. The number of aliphatic hydroxyl groups excluding tert-OH is 1. The second-order valence-corrected chi connectivity index (χ2v) is 6.04. The topological polar surface area (TPSA) is 57.6 Å². The molecule has 1 fully saturated rings. The van der Waals surface area contributed by atoms with Crippen molar-refractivity contribution in [3.8, 4) is 0 Å². The van der Waals surface area contributed by atoms with E-state index in [1.165, 1.54) is 0 Å². The van der Waals surface area contributed by atoms with Crippen molar-refractivity contribution in [3.05, 3.63) is 35.4 Å². The van der Waals surface area contributed by atoms with Crippen LogP contribution in [0.25, 0.3) is 0 Å². The number of rotatable bonds is 6. The maximum absolute atomic E-state index is 12.4. The van der Waals surface area contributed by atoms with Gasteiger partial charge in [0.2, 0.25) is 5.91 Å². The molecule has 0 radical (unpaired) electrons. The van der Waals surface area contributed by atoms with Gasteiger partial charge in [-0.05, 0) is 32.6 Å². The predicted octanol–water partition coefficient (Wildman–Crippen LogP) is 2.72. The molecule has 120 valence electrons. The van der Waals surface area contributed by atoms with Crippen LogP contribution in [0.4, 0.5) is 0 Å². The third-order valence-electron chi connectivity index (χ3n) is 4.35. The van der Waals surface area contributed by atoms with Gasteiger partial charge < -0.3 is 10.0 Å². The van der Waals surface area contributed by atoms with Crippen LogP contribution in [0.3, 0.4) is 0 Å². The van der Waals surface area contributed by atoms with Crippen LogP contribution in [0.15, 0.2) is 24.3 Å². The number of benzene rings is 1. The lowest BCUT2D eigenvalue weighted by Gasteiger charge is -2.35. The zero-order chi connectivity index (χ0) is 15.9. The average Bonchev–Trinajstić information content (AvgIpc) is 2.54. The monoisotopic (exact) mass is 303 g/mol. The SMILES string of the molecule is Cc1ccc(C(=O)CCC(=O)N2CCCCC2CCO)cc1. The van der Waals surface area contributed by atoms with Gasteiger partial charge in [-0.25, -0.2) is 0 Å². The summed E-state index contributed by atoms with van der Waals surface area (Å²) in [5, 5.41) is 9.12. The van der Waals surface area contributed by atoms with Crippen LogP contribution in [0.1, 0.15) is 54.4 Å². The van der Waals surface area contributed by atoms with Crippen molar-refractivity contribution in [1.82, 2.24) is 4.90 Å². The summed E-state index contributed by atoms with van der Waals surface area (Å²) in [7, 11) is 0. The first-order chi connectivity index (χ1) is 10.6. The third kappa shape index (κ3) is 4.41. The van der Waals surface area contributed by atoms with E-state index in [2.05, 4.69) is 0 Å². The minimum Gasteiger partial charge on any atom is -0.396 e. The van der Waals surface area contributed by atoms with E-state index in [9.17, 15) is 9.59 Å². The molecule has 4 nitrogen and oxygen atoms in total. The van der Waals surface area contributed by atoms with Crippen LogP contribution >= 0.6 is 0 Å². The molecule has 1 aromatic carbocycles. The molecule has 1 aliphatic heterocycles. The zero-order valence-corrected chi connectivity index (χ0v) is 13.3. The van der Waals surface area contributed by atoms with Crippen LogP contribution in [-0.4, -0.2) is 40.9 Å². The number of ketones is 1. The molecule has 1 aliphatic rings. The minimum absolute atomic E-state index is 0.0177. The Kier molecular flexibility index (Phi) is 6.13. The highest BCUT2D eigenvalue weighted by Crippen LogP contribution is 2.21. The number of carbonyl (C=O) groups excluding carboxylic acids is 2. The van der Waals surface area contributed by atoms with E-state index in [1.54, 1.807) is 0 Å². The van der Waals surface area contributed by atoms with Gasteiger partial charge in [-0.3, -0.25) is 9.59 Å². The van der Waals surface area contributed by atoms with Crippen LogP contribution in [0.5, 0.6) is 0 Å². The van der Waals surface area contributed by atoms with Crippen LogP contribution in [0.2, 0.25) is 0 Å². The number of nitrogens with zero attached hydrogens (tertiary/aromatic N) is 1. The van der Waals surface area contributed by atoms with E-state index >= 15 is 0 Å². The number of amides is 1. The Balaban J connectivity index is 1.88. The lowest BCUT2D eigenvalue weighted by atomic mass is 9.98. The normalized spacial score (nSPS) is 18.3. The van der Waals surface area contributed by atoms with E-state index in [1.807, 2.05) is 36.1 Å². The fourth-order valence-corrected chi connectivity index (χ4v) is 3.03. The summed E-state index contributed by atoms with van der Waals surface area (Å²) in [6, 6.07) is 7.60. The van der Waals surface area contributed by atoms with Crippen molar-refractivity contribution in [2.45, 2.75) is 51.5 Å². The molecule has 1 saturated heterocycles. The standard InChI is InChI=1S/C18H25NO3/c1-14-5-7-15(8-6-14)17(21)9-10-18(22)19-12-3-2-4-16(19)11-13-20/h5-8,16,20H,2-4,9-13H2,1H3. The van der Waals surface area contributed by atoms with E-state index in [-0.39, 0.29) is 37.2 Å². The summed E-state index contributed by atoms with van der Waals surface area (Å²) in [4.78, 5) is 26.4. The van der Waals surface area contributed by atoms with Gasteiger partial charge in [-0.15, -0.1) is 0 Å². The van der Waals surface area contributed by atoms with Crippen LogP contribution < -0.4 is 0 Å². The summed E-state index contributed by atoms with van der Waals surface area (Å²) in [6.45, 7) is 2.84. The van der Waals surface area contributed by atoms with Crippen molar-refractivity contribution in [1.29, 1.82) is 0 Å². The first-order valence-corrected chi connectivity index (χ1v) is 8.12. The largest absolute Gasteiger partial charge is 0.396 e. The van der Waals surface area contributed by atoms with E-state index < -0.39 is 0 Å². The molecule has 0 aromatic heterocycles. The molecule has 22 heavy (non-hydrogen) atoms. The highest BCUT2D eigenvalue weighted by atomic mass is 16.3. The first-order valence-electron chi connectivity index (χ1n) is 8.12. The molecule has 0 aliphatic carbocycles. The molecule has 1 atom stereocenters. The van der Waals surface area contributed by atoms with Gasteiger partial charge in [0.15, 0.2) is 5.78 Å². The average molecular weight is 303 g/mol. The Morgan fingerprint density at radius 1 is 1.18 bits per heavy atom. The second kappa shape index (κ2) is 8.08. The fraction of sp³-hybridized carbons (Fsp3) is 0.556. The molecule has 0 bridgehead atoms. The van der Waals surface area contributed by atoms with Crippen molar-refractivity contribution in [3.63, 3.8) is 0 Å². The summed E-state index contributed by atoms with van der Waals surface area (Å²) < 4.78 is 0. The summed E-state index contributed by atoms with van der Waals surface area (Å²) in [6.07, 6.45) is 4.23. The number of hydrogen-bond acceptors (Lipinski definition) is 3. The molecule has 2 rings (SSSR count). The lowest BCUT2D eigenvalue weighted by Crippen LogP contribution is -2.44. The van der Waals surface area contributed by atoms with Crippen LogP contribution in [-0.2, 0) is 4.79 Å². The zero-order valence-electron chi connectivity index (χ0n) is 13.3. The van der Waals surface area contributed by atoms with Crippen LogP contribution in [0, 0.1) is 6.92 Å². The maximum atomic E-state index is 12.4. The van der Waals surface area contributed by atoms with Gasteiger partial charge in [0.1, 0.15) is 0 Å². The quantitative estimate of drug-likeness (QED) is 0.822. The van der Waals surface area contributed by atoms with Gasteiger partial charge in [0, 0.05) is 37.6 Å². The maximum Gasteiger partial charge on any atom is 0.223 e. The molecule has 4 heteroatoms. The number of hydrogen-bond donors (Lipinski definition) is 1. The van der Waals surface area contributed by atoms with Crippen molar-refractivity contribution < 1.29 is 14.7 Å². The lowest BCUT2D eigenvalue weighted by molar-refractivity contribution is -0.135. The molecule has 1 unspecified atom stereocenters. The molecule has 1 heterocycles. The Hall–Kier alpha value is -1.68. The van der Waals surface area contributed by atoms with Gasteiger partial charge in [0.25, 0.3) is 0 Å². The highest BCUT2D eigenvalue weighted by Gasteiger charge is 2.26. The van der Waals surface area contributed by atoms with Crippen molar-refractivity contribution >= 4 is 11.7 Å². The Morgan fingerprint density at radius 3 is 2.59 bits per heavy atom. The number of carbonyl (C=O) groups is 2. The van der Waals surface area contributed by atoms with Crippen molar-refractivity contribution in [2.24, 2.45) is 0 Å². The first kappa shape index (κ1) is 16.7. The van der Waals surface area contributed by atoms with Gasteiger partial charge >= 0.3 is 0 Å². The van der Waals surface area contributed by atoms with E-state index in [0.717, 1.165) is 31.4 Å². The molecular weight excluding hydrogens is 278 g/mol. The van der Waals surface area contributed by atoms with Gasteiger partial charge in [-0.2, -0.15) is 0 Å². The van der Waals surface area contributed by atoms with E-state index in [0.29, 0.717) is 12.0 Å². The Labute approximate surface area is 132 Å². The van der Waals surface area contributed by atoms with Gasteiger partial charge in [0.05, 0.1) is 0 Å². The summed E-state index contributed by atoms with van der Waals surface area (Å²) >= 11 is 0. The fourth-order valence-electron chi connectivity index (χ4n) is 3.03. The molecular formula is C18H25NO3. The van der Waals surface area contributed by atoms with Gasteiger partial charge in [-0.1, -0.05) is 29.8 Å². The second-order valence-electron chi connectivity index (χ2n) is 6.04. The highest BCUT2D eigenvalue weighted by molar-refractivity contribution is 5.98. The molecule has 1 amide bonds. The molecule has 1 aromatic rings. The molecule has 1 N–H and O–H groups in total. The molecule has 0 spiro atoms. The smallest absolute Gasteiger partial charge is 0.223 e. The summed E-state index contributed by atoms with van der Waals surface area (Å²) in [5.74, 6) is 0.0580. The Morgan fingerprint density at radius 2 is 1.91 bits per heavy atom. The number of likely N-dealkylation sites (tertiary alicyclic amines) is 1. The minimum atomic E-state index is 0.0177. The third-order valence-corrected chi connectivity index (χ3v) is 4.35. The van der Waals surface area contributed by atoms with E-state index in [4.69, 9.17) is 5.11 Å². The number of Topliss-reactive ketones (excluding diaryl/α,β-unsaturated/α-hetero) is 1. The summed E-state index contributed by atoms with van der Waals surface area (Å²) in [5.41, 5.74) is 1.79. The number of piperidine rings is 1.